The zero-order chi connectivity index (χ0) is 13.1. The molecule has 19 heavy (non-hydrogen) atoms. The number of nitrogens with one attached hydrogen (secondary N) is 2. The van der Waals surface area contributed by atoms with E-state index < -0.39 is 0 Å². The predicted octanol–water partition coefficient (Wildman–Crippen LogP) is 1.60. The van der Waals surface area contributed by atoms with Gasteiger partial charge >= 0.3 is 0 Å². The molecule has 2 N–H and O–H groups in total. The summed E-state index contributed by atoms with van der Waals surface area (Å²) in [6.45, 7) is 2.90. The number of fused-ring (bicyclic) bond motifs is 1. The molecule has 0 radical (unpaired) electrons. The van der Waals surface area contributed by atoms with E-state index in [9.17, 15) is 4.79 Å². The number of amides is 1. The van der Waals surface area contributed by atoms with Crippen molar-refractivity contribution in [2.24, 2.45) is 5.92 Å². The number of thioether (sulfide) groups is 1. The maximum Gasteiger partial charge on any atom is 0.230 e. The molecule has 0 spiro atoms. The van der Waals surface area contributed by atoms with Gasteiger partial charge in [-0.2, -0.15) is 0 Å². The Kier molecular flexibility index (Phi) is 4.09. The minimum Gasteiger partial charge on any atom is -0.355 e. The monoisotopic (exact) mass is 276 g/mol. The van der Waals surface area contributed by atoms with Gasteiger partial charge in [0, 0.05) is 30.4 Å². The maximum atomic E-state index is 11.7. The SMILES string of the molecule is O=C(CSc1ccc2c(c1)CCC2)NCC1CNC1. The van der Waals surface area contributed by atoms with Crippen LogP contribution in [0.5, 0.6) is 0 Å². The average Bonchev–Trinajstić information content (AvgIpc) is 2.81. The van der Waals surface area contributed by atoms with Crippen LogP contribution in [0.1, 0.15) is 17.5 Å². The second-order valence-corrected chi connectivity index (χ2v) is 6.45. The predicted molar refractivity (Wildman–Crippen MR) is 78.6 cm³/mol. The summed E-state index contributed by atoms with van der Waals surface area (Å²) in [5, 5.41) is 6.22. The van der Waals surface area contributed by atoms with Gasteiger partial charge in [-0.3, -0.25) is 4.79 Å². The van der Waals surface area contributed by atoms with Crippen LogP contribution >= 0.6 is 11.8 Å². The Morgan fingerprint density at radius 1 is 1.32 bits per heavy atom. The van der Waals surface area contributed by atoms with Crippen LogP contribution < -0.4 is 10.6 Å². The van der Waals surface area contributed by atoms with E-state index in [-0.39, 0.29) is 5.91 Å². The number of hydrogen-bond acceptors (Lipinski definition) is 3. The first-order valence-corrected chi connectivity index (χ1v) is 8.02. The molecule has 1 fully saturated rings. The minimum absolute atomic E-state index is 0.150. The summed E-state index contributed by atoms with van der Waals surface area (Å²) < 4.78 is 0. The van der Waals surface area contributed by atoms with Crippen molar-refractivity contribution in [1.82, 2.24) is 10.6 Å². The zero-order valence-corrected chi connectivity index (χ0v) is 11.9. The van der Waals surface area contributed by atoms with Crippen molar-refractivity contribution < 1.29 is 4.79 Å². The lowest BCUT2D eigenvalue weighted by Gasteiger charge is -2.27. The number of hydrogen-bond donors (Lipinski definition) is 2. The lowest BCUT2D eigenvalue weighted by atomic mass is 10.0. The fourth-order valence-electron chi connectivity index (χ4n) is 2.59. The van der Waals surface area contributed by atoms with Gasteiger partial charge in [0.25, 0.3) is 0 Å². The van der Waals surface area contributed by atoms with Crippen LogP contribution in [0.25, 0.3) is 0 Å². The molecule has 3 rings (SSSR count). The molecule has 0 atom stereocenters. The molecule has 1 heterocycles. The van der Waals surface area contributed by atoms with E-state index in [1.807, 2.05) is 0 Å². The molecule has 0 saturated carbocycles. The third-order valence-corrected chi connectivity index (χ3v) is 4.89. The molecule has 102 valence electrons. The summed E-state index contributed by atoms with van der Waals surface area (Å²) >= 11 is 1.64. The first kappa shape index (κ1) is 13.0. The van der Waals surface area contributed by atoms with Gasteiger partial charge in [-0.1, -0.05) is 6.07 Å². The zero-order valence-electron chi connectivity index (χ0n) is 11.1. The molecule has 0 unspecified atom stereocenters. The Morgan fingerprint density at radius 3 is 2.95 bits per heavy atom. The van der Waals surface area contributed by atoms with Crippen LogP contribution in [0.15, 0.2) is 23.1 Å². The van der Waals surface area contributed by atoms with Crippen molar-refractivity contribution in [2.75, 3.05) is 25.4 Å². The van der Waals surface area contributed by atoms with E-state index in [0.29, 0.717) is 11.7 Å². The largest absolute Gasteiger partial charge is 0.355 e. The molecule has 2 aliphatic rings. The number of aryl methyl sites for hydroxylation is 2. The van der Waals surface area contributed by atoms with Crippen molar-refractivity contribution in [3.05, 3.63) is 29.3 Å². The highest BCUT2D eigenvalue weighted by molar-refractivity contribution is 8.00. The number of benzene rings is 1. The van der Waals surface area contributed by atoms with Gasteiger partial charge < -0.3 is 10.6 Å². The molecule has 4 heteroatoms. The molecule has 1 saturated heterocycles. The highest BCUT2D eigenvalue weighted by Gasteiger charge is 2.17. The highest BCUT2D eigenvalue weighted by Crippen LogP contribution is 2.27. The topological polar surface area (TPSA) is 41.1 Å². The Morgan fingerprint density at radius 2 is 2.16 bits per heavy atom. The van der Waals surface area contributed by atoms with Gasteiger partial charge in [0.15, 0.2) is 0 Å². The summed E-state index contributed by atoms with van der Waals surface area (Å²) in [5.41, 5.74) is 2.97. The van der Waals surface area contributed by atoms with Crippen LogP contribution in [0.3, 0.4) is 0 Å². The fourth-order valence-corrected chi connectivity index (χ4v) is 3.38. The van der Waals surface area contributed by atoms with Crippen LogP contribution in [0.4, 0.5) is 0 Å². The third kappa shape index (κ3) is 3.31. The highest BCUT2D eigenvalue weighted by atomic mass is 32.2. The van der Waals surface area contributed by atoms with E-state index in [4.69, 9.17) is 0 Å². The van der Waals surface area contributed by atoms with Gasteiger partial charge in [0.2, 0.25) is 5.91 Å². The van der Waals surface area contributed by atoms with Gasteiger partial charge in [-0.25, -0.2) is 0 Å². The summed E-state index contributed by atoms with van der Waals surface area (Å²) in [7, 11) is 0. The Bertz CT molecular complexity index is 471. The molecule has 1 aliphatic carbocycles. The molecular weight excluding hydrogens is 256 g/mol. The molecule has 3 nitrogen and oxygen atoms in total. The molecule has 0 aromatic heterocycles. The van der Waals surface area contributed by atoms with E-state index in [0.717, 1.165) is 19.6 Å². The van der Waals surface area contributed by atoms with Crippen LogP contribution in [0.2, 0.25) is 0 Å². The molecule has 1 aromatic rings. The lowest BCUT2D eigenvalue weighted by Crippen LogP contribution is -2.48. The van der Waals surface area contributed by atoms with Crippen LogP contribution in [0, 0.1) is 5.92 Å². The first-order valence-electron chi connectivity index (χ1n) is 7.03. The van der Waals surface area contributed by atoms with E-state index in [2.05, 4.69) is 28.8 Å². The Balaban J connectivity index is 1.44. The van der Waals surface area contributed by atoms with Gasteiger partial charge in [0.05, 0.1) is 5.75 Å². The summed E-state index contributed by atoms with van der Waals surface area (Å²) in [5.74, 6) is 1.31. The molecular formula is C15H20N2OS. The van der Waals surface area contributed by atoms with Crippen LogP contribution in [-0.2, 0) is 17.6 Å². The minimum atomic E-state index is 0.150. The summed E-state index contributed by atoms with van der Waals surface area (Å²) in [4.78, 5) is 13.0. The maximum absolute atomic E-state index is 11.7. The van der Waals surface area contributed by atoms with Crippen molar-refractivity contribution in [3.63, 3.8) is 0 Å². The number of carbonyl (C=O) groups excluding carboxylic acids is 1. The standard InChI is InChI=1S/C15H20N2OS/c18-15(17-9-11-7-16-8-11)10-19-14-5-4-12-2-1-3-13(12)6-14/h4-6,11,16H,1-3,7-10H2,(H,17,18). The van der Waals surface area contributed by atoms with Crippen molar-refractivity contribution in [1.29, 1.82) is 0 Å². The van der Waals surface area contributed by atoms with Crippen molar-refractivity contribution >= 4 is 17.7 Å². The van der Waals surface area contributed by atoms with Crippen molar-refractivity contribution in [3.8, 4) is 0 Å². The first-order chi connectivity index (χ1) is 9.31. The van der Waals surface area contributed by atoms with Crippen LogP contribution in [-0.4, -0.2) is 31.3 Å². The van der Waals surface area contributed by atoms with Gasteiger partial charge in [0.1, 0.15) is 0 Å². The second-order valence-electron chi connectivity index (χ2n) is 5.40. The molecule has 1 amide bonds. The second kappa shape index (κ2) is 5.97. The fraction of sp³-hybridized carbons (Fsp3) is 0.533. The summed E-state index contributed by atoms with van der Waals surface area (Å²) in [6, 6.07) is 6.64. The van der Waals surface area contributed by atoms with E-state index in [1.54, 1.807) is 11.8 Å². The van der Waals surface area contributed by atoms with E-state index >= 15 is 0 Å². The molecule has 1 aromatic carbocycles. The Labute approximate surface area is 118 Å². The van der Waals surface area contributed by atoms with E-state index in [1.165, 1.54) is 35.3 Å². The number of rotatable bonds is 5. The Hall–Kier alpha value is -1.00. The van der Waals surface area contributed by atoms with Gasteiger partial charge in [-0.15, -0.1) is 11.8 Å². The van der Waals surface area contributed by atoms with Gasteiger partial charge in [-0.05, 0) is 42.5 Å². The van der Waals surface area contributed by atoms with Crippen molar-refractivity contribution in [2.45, 2.75) is 24.2 Å². The summed E-state index contributed by atoms with van der Waals surface area (Å²) in [6.07, 6.45) is 3.69. The lowest BCUT2D eigenvalue weighted by molar-refractivity contribution is -0.118. The molecule has 0 bridgehead atoms. The number of carbonyl (C=O) groups is 1. The normalized spacial score (nSPS) is 17.9. The smallest absolute Gasteiger partial charge is 0.230 e. The molecule has 1 aliphatic heterocycles. The third-order valence-electron chi connectivity index (χ3n) is 3.89. The quantitative estimate of drug-likeness (QED) is 0.803. The average molecular weight is 276 g/mol.